The van der Waals surface area contributed by atoms with E-state index in [2.05, 4.69) is 9.97 Å². The maximum Gasteiger partial charge on any atom is 0.258 e. The van der Waals surface area contributed by atoms with Crippen molar-refractivity contribution in [2.24, 2.45) is 0 Å². The molecule has 1 saturated carbocycles. The Morgan fingerprint density at radius 3 is 2.59 bits per heavy atom. The van der Waals surface area contributed by atoms with Crippen LogP contribution in [0.4, 0.5) is 0 Å². The lowest BCUT2D eigenvalue weighted by molar-refractivity contribution is -0.135. The molecule has 1 aromatic heterocycles. The predicted octanol–water partition coefficient (Wildman–Crippen LogP) is 3.32. The Hall–Kier alpha value is -2.95. The van der Waals surface area contributed by atoms with E-state index in [9.17, 15) is 9.59 Å². The van der Waals surface area contributed by atoms with Gasteiger partial charge in [-0.05, 0) is 43.4 Å². The number of likely N-dealkylation sites (tertiary alicyclic amines) is 1. The highest BCUT2D eigenvalue weighted by molar-refractivity contribution is 5.91. The van der Waals surface area contributed by atoms with Gasteiger partial charge in [-0.2, -0.15) is 0 Å². The number of rotatable bonds is 3. The molecule has 1 amide bonds. The van der Waals surface area contributed by atoms with E-state index in [0.29, 0.717) is 23.3 Å². The molecule has 27 heavy (non-hydrogen) atoms. The molecule has 1 aliphatic carbocycles. The summed E-state index contributed by atoms with van der Waals surface area (Å²) in [6.45, 7) is 0.717. The van der Waals surface area contributed by atoms with Crippen LogP contribution in [0.15, 0.2) is 59.4 Å². The number of para-hydroxylation sites is 1. The van der Waals surface area contributed by atoms with Gasteiger partial charge in [0.15, 0.2) is 0 Å². The van der Waals surface area contributed by atoms with Crippen molar-refractivity contribution in [2.45, 2.75) is 37.1 Å². The maximum absolute atomic E-state index is 13.5. The monoisotopic (exact) mass is 359 g/mol. The smallest absolute Gasteiger partial charge is 0.258 e. The molecule has 2 aliphatic rings. The van der Waals surface area contributed by atoms with Gasteiger partial charge in [-0.25, -0.2) is 4.98 Å². The third-order valence-corrected chi connectivity index (χ3v) is 5.95. The van der Waals surface area contributed by atoms with Crippen LogP contribution in [-0.2, 0) is 10.2 Å². The number of nitrogens with one attached hydrogen (secondary N) is 1. The second-order valence-electron chi connectivity index (χ2n) is 7.57. The molecule has 5 rings (SSSR count). The van der Waals surface area contributed by atoms with Crippen LogP contribution >= 0.6 is 0 Å². The zero-order valence-corrected chi connectivity index (χ0v) is 15.0. The first-order valence-electron chi connectivity index (χ1n) is 9.55. The summed E-state index contributed by atoms with van der Waals surface area (Å²) >= 11 is 0. The highest BCUT2D eigenvalue weighted by atomic mass is 16.2. The first-order chi connectivity index (χ1) is 13.2. The van der Waals surface area contributed by atoms with Gasteiger partial charge >= 0.3 is 0 Å². The molecule has 136 valence electrons. The molecule has 1 aliphatic heterocycles. The lowest BCUT2D eigenvalue weighted by atomic mass is 9.94. The molecule has 1 unspecified atom stereocenters. The highest BCUT2D eigenvalue weighted by Crippen LogP contribution is 2.51. The first kappa shape index (κ1) is 16.2. The molecule has 0 spiro atoms. The molecule has 3 aromatic rings. The van der Waals surface area contributed by atoms with Gasteiger partial charge in [0.1, 0.15) is 5.82 Å². The van der Waals surface area contributed by atoms with E-state index in [-0.39, 0.29) is 22.9 Å². The lowest BCUT2D eigenvalue weighted by Crippen LogP contribution is -2.39. The predicted molar refractivity (Wildman–Crippen MR) is 103 cm³/mol. The second-order valence-corrected chi connectivity index (χ2v) is 7.57. The molecular weight excluding hydrogens is 338 g/mol. The summed E-state index contributed by atoms with van der Waals surface area (Å²) in [6.07, 6.45) is 3.54. The lowest BCUT2D eigenvalue weighted by Gasteiger charge is -2.28. The van der Waals surface area contributed by atoms with Crippen molar-refractivity contribution in [1.82, 2.24) is 14.9 Å². The molecule has 0 radical (unpaired) electrons. The molecule has 1 saturated heterocycles. The zero-order chi connectivity index (χ0) is 18.4. The van der Waals surface area contributed by atoms with E-state index in [4.69, 9.17) is 0 Å². The van der Waals surface area contributed by atoms with E-state index in [0.717, 1.165) is 31.2 Å². The van der Waals surface area contributed by atoms with E-state index >= 15 is 0 Å². The average Bonchev–Trinajstić information content (AvgIpc) is 3.38. The van der Waals surface area contributed by atoms with E-state index in [1.165, 1.54) is 0 Å². The van der Waals surface area contributed by atoms with Crippen molar-refractivity contribution in [3.8, 4) is 0 Å². The van der Waals surface area contributed by atoms with Crippen molar-refractivity contribution in [1.29, 1.82) is 0 Å². The minimum absolute atomic E-state index is 0.140. The number of benzene rings is 2. The Balaban J connectivity index is 1.51. The first-order valence-corrected chi connectivity index (χ1v) is 9.55. The normalized spacial score (nSPS) is 20.7. The van der Waals surface area contributed by atoms with Crippen LogP contribution < -0.4 is 5.56 Å². The number of amides is 1. The largest absolute Gasteiger partial charge is 0.332 e. The van der Waals surface area contributed by atoms with Gasteiger partial charge in [-0.3, -0.25) is 9.59 Å². The van der Waals surface area contributed by atoms with Crippen molar-refractivity contribution in [2.75, 3.05) is 6.54 Å². The van der Waals surface area contributed by atoms with Crippen LogP contribution in [0.1, 0.15) is 43.1 Å². The van der Waals surface area contributed by atoms with E-state index in [1.54, 1.807) is 6.07 Å². The molecule has 2 heterocycles. The quantitative estimate of drug-likeness (QED) is 0.780. The van der Waals surface area contributed by atoms with Gasteiger partial charge < -0.3 is 9.88 Å². The summed E-state index contributed by atoms with van der Waals surface area (Å²) in [4.78, 5) is 35.5. The standard InChI is InChI=1S/C22H21N3O2/c26-20-16-9-4-5-10-17(16)23-19(24-20)18-11-6-14-25(18)21(27)22(12-13-22)15-7-2-1-3-8-15/h1-5,7-10,18H,6,11-14H2,(H,23,24,26). The van der Waals surface area contributed by atoms with Gasteiger partial charge in [0, 0.05) is 6.54 Å². The number of carbonyl (C=O) groups is 1. The summed E-state index contributed by atoms with van der Waals surface area (Å²) in [7, 11) is 0. The Labute approximate surface area is 157 Å². The third kappa shape index (κ3) is 2.57. The third-order valence-electron chi connectivity index (χ3n) is 5.95. The fourth-order valence-electron chi connectivity index (χ4n) is 4.34. The fourth-order valence-corrected chi connectivity index (χ4v) is 4.34. The van der Waals surface area contributed by atoms with Crippen LogP contribution in [0.5, 0.6) is 0 Å². The molecule has 2 aromatic carbocycles. The van der Waals surface area contributed by atoms with Crippen LogP contribution in [0.3, 0.4) is 0 Å². The Morgan fingerprint density at radius 2 is 1.81 bits per heavy atom. The molecule has 5 heteroatoms. The summed E-state index contributed by atoms with van der Waals surface area (Å²) in [5.41, 5.74) is 1.25. The number of carbonyl (C=O) groups excluding carboxylic acids is 1. The zero-order valence-electron chi connectivity index (χ0n) is 15.0. The van der Waals surface area contributed by atoms with Gasteiger partial charge in [0.2, 0.25) is 5.91 Å². The Kier molecular flexibility index (Phi) is 3.64. The topological polar surface area (TPSA) is 66.1 Å². The van der Waals surface area contributed by atoms with Gasteiger partial charge in [0.05, 0.1) is 22.4 Å². The van der Waals surface area contributed by atoms with Gasteiger partial charge in [-0.1, -0.05) is 42.5 Å². The maximum atomic E-state index is 13.5. The number of aromatic amines is 1. The second kappa shape index (κ2) is 6.05. The molecular formula is C22H21N3O2. The average molecular weight is 359 g/mol. The van der Waals surface area contributed by atoms with E-state index in [1.807, 2.05) is 53.4 Å². The number of hydrogen-bond donors (Lipinski definition) is 1. The minimum atomic E-state index is -0.388. The van der Waals surface area contributed by atoms with E-state index < -0.39 is 0 Å². The molecule has 2 fully saturated rings. The number of hydrogen-bond acceptors (Lipinski definition) is 3. The molecule has 5 nitrogen and oxygen atoms in total. The Bertz CT molecular complexity index is 1070. The van der Waals surface area contributed by atoms with Crippen molar-refractivity contribution < 1.29 is 4.79 Å². The number of H-pyrrole nitrogens is 1. The summed E-state index contributed by atoms with van der Waals surface area (Å²) in [5, 5.41) is 0.583. The van der Waals surface area contributed by atoms with Crippen molar-refractivity contribution in [3.63, 3.8) is 0 Å². The SMILES string of the molecule is O=C(N1CCCC1c1nc2ccccc2c(=O)[nH]1)C1(c2ccccc2)CC1. The molecule has 1 N–H and O–H groups in total. The van der Waals surface area contributed by atoms with Crippen LogP contribution in [0.2, 0.25) is 0 Å². The highest BCUT2D eigenvalue weighted by Gasteiger charge is 2.54. The van der Waals surface area contributed by atoms with Crippen molar-refractivity contribution >= 4 is 16.8 Å². The minimum Gasteiger partial charge on any atom is -0.332 e. The Morgan fingerprint density at radius 1 is 1.07 bits per heavy atom. The summed E-state index contributed by atoms with van der Waals surface area (Å²) in [5.74, 6) is 0.778. The fraction of sp³-hybridized carbons (Fsp3) is 0.318. The number of fused-ring (bicyclic) bond motifs is 1. The molecule has 1 atom stereocenters. The summed E-state index contributed by atoms with van der Waals surface area (Å²) in [6, 6.07) is 17.2. The molecule has 0 bridgehead atoms. The summed E-state index contributed by atoms with van der Waals surface area (Å²) < 4.78 is 0. The number of nitrogens with zero attached hydrogens (tertiary/aromatic N) is 2. The van der Waals surface area contributed by atoms with Crippen molar-refractivity contribution in [3.05, 3.63) is 76.3 Å². The number of aromatic nitrogens is 2. The van der Waals surface area contributed by atoms with Crippen LogP contribution in [0.25, 0.3) is 10.9 Å². The van der Waals surface area contributed by atoms with Gasteiger partial charge in [-0.15, -0.1) is 0 Å². The van der Waals surface area contributed by atoms with Crippen LogP contribution in [0, 0.1) is 0 Å². The van der Waals surface area contributed by atoms with Gasteiger partial charge in [0.25, 0.3) is 5.56 Å². The van der Waals surface area contributed by atoms with Crippen LogP contribution in [-0.4, -0.2) is 27.3 Å².